The van der Waals surface area contributed by atoms with E-state index in [9.17, 15) is 0 Å². The third kappa shape index (κ3) is 3.89. The Morgan fingerprint density at radius 1 is 1.25 bits per heavy atom. The Bertz CT molecular complexity index is 276. The van der Waals surface area contributed by atoms with E-state index in [0.29, 0.717) is 0 Å². The highest BCUT2D eigenvalue weighted by atomic mass is 16.7. The molecule has 0 aliphatic rings. The number of nitrogens with zero attached hydrogens (tertiary/aromatic N) is 1. The third-order valence-electron chi connectivity index (χ3n) is 2.46. The van der Waals surface area contributed by atoms with E-state index in [2.05, 4.69) is 17.2 Å². The molecule has 1 aromatic heterocycles. The normalized spacial score (nSPS) is 13.0. The van der Waals surface area contributed by atoms with Gasteiger partial charge in [-0.25, -0.2) is 0 Å². The molecule has 0 radical (unpaired) electrons. The maximum absolute atomic E-state index is 5.29. The van der Waals surface area contributed by atoms with Crippen LogP contribution in [0, 0.1) is 0 Å². The summed E-state index contributed by atoms with van der Waals surface area (Å²) in [6, 6.07) is 4.17. The van der Waals surface area contributed by atoms with E-state index >= 15 is 0 Å². The Balaban J connectivity index is 2.63. The van der Waals surface area contributed by atoms with Crippen molar-refractivity contribution in [1.29, 1.82) is 0 Å². The van der Waals surface area contributed by atoms with Gasteiger partial charge in [-0.15, -0.1) is 0 Å². The largest absolute Gasteiger partial charge is 0.354 e. The highest BCUT2D eigenvalue weighted by molar-refractivity contribution is 5.11. The number of pyridine rings is 1. The van der Waals surface area contributed by atoms with Crippen LogP contribution >= 0.6 is 0 Å². The van der Waals surface area contributed by atoms with Gasteiger partial charge in [0.05, 0.1) is 6.04 Å². The van der Waals surface area contributed by atoms with E-state index < -0.39 is 0 Å². The summed E-state index contributed by atoms with van der Waals surface area (Å²) in [6.07, 6.45) is 4.23. The number of likely N-dealkylation sites (N-methyl/N-ethyl adjacent to an activating group) is 1. The summed E-state index contributed by atoms with van der Waals surface area (Å²) in [5.74, 6) is 0. The summed E-state index contributed by atoms with van der Waals surface area (Å²) in [4.78, 5) is 4.00. The molecule has 1 atom stereocenters. The van der Waals surface area contributed by atoms with E-state index in [1.165, 1.54) is 5.56 Å². The maximum atomic E-state index is 5.29. The highest BCUT2D eigenvalue weighted by Gasteiger charge is 2.19. The van der Waals surface area contributed by atoms with E-state index in [-0.39, 0.29) is 12.3 Å². The molecule has 0 aliphatic carbocycles. The lowest BCUT2D eigenvalue weighted by atomic mass is 10.1. The number of hydrogen-bond acceptors (Lipinski definition) is 4. The topological polar surface area (TPSA) is 43.4 Å². The summed E-state index contributed by atoms with van der Waals surface area (Å²) in [5.41, 5.74) is 1.22. The molecule has 0 spiro atoms. The first kappa shape index (κ1) is 13.1. The van der Waals surface area contributed by atoms with Crippen molar-refractivity contribution in [3.05, 3.63) is 30.1 Å². The van der Waals surface area contributed by atoms with Crippen LogP contribution in [-0.2, 0) is 15.9 Å². The molecule has 16 heavy (non-hydrogen) atoms. The minimum Gasteiger partial charge on any atom is -0.354 e. The molecule has 0 aliphatic heterocycles. The molecule has 1 aromatic rings. The molecular formula is C12H20N2O2. The van der Waals surface area contributed by atoms with E-state index in [4.69, 9.17) is 9.47 Å². The Morgan fingerprint density at radius 2 is 1.88 bits per heavy atom. The smallest absolute Gasteiger partial charge is 0.172 e. The van der Waals surface area contributed by atoms with Crippen LogP contribution in [0.4, 0.5) is 0 Å². The molecule has 0 amide bonds. The van der Waals surface area contributed by atoms with Crippen molar-refractivity contribution in [2.24, 2.45) is 0 Å². The van der Waals surface area contributed by atoms with Gasteiger partial charge in [-0.2, -0.15) is 0 Å². The summed E-state index contributed by atoms with van der Waals surface area (Å²) < 4.78 is 10.6. The predicted molar refractivity (Wildman–Crippen MR) is 63.2 cm³/mol. The van der Waals surface area contributed by atoms with Crippen molar-refractivity contribution in [3.63, 3.8) is 0 Å². The number of nitrogens with one attached hydrogen (secondary N) is 1. The third-order valence-corrected chi connectivity index (χ3v) is 2.46. The van der Waals surface area contributed by atoms with Crippen LogP contribution in [0.2, 0.25) is 0 Å². The lowest BCUT2D eigenvalue weighted by molar-refractivity contribution is -0.122. The van der Waals surface area contributed by atoms with Gasteiger partial charge in [-0.1, -0.05) is 6.92 Å². The molecule has 0 saturated carbocycles. The first-order valence-corrected chi connectivity index (χ1v) is 5.49. The lowest BCUT2D eigenvalue weighted by Gasteiger charge is -2.25. The molecule has 1 rings (SSSR count). The fraction of sp³-hybridized carbons (Fsp3) is 0.583. The van der Waals surface area contributed by atoms with E-state index in [0.717, 1.165) is 13.0 Å². The van der Waals surface area contributed by atoms with Gasteiger partial charge >= 0.3 is 0 Å². The van der Waals surface area contributed by atoms with E-state index in [1.54, 1.807) is 26.6 Å². The summed E-state index contributed by atoms with van der Waals surface area (Å²) in [6.45, 7) is 2.96. The minimum atomic E-state index is -0.229. The average Bonchev–Trinajstić information content (AvgIpc) is 2.32. The van der Waals surface area contributed by atoms with Gasteiger partial charge in [-0.3, -0.25) is 4.98 Å². The fourth-order valence-electron chi connectivity index (χ4n) is 1.72. The van der Waals surface area contributed by atoms with Crippen LogP contribution in [0.1, 0.15) is 12.5 Å². The maximum Gasteiger partial charge on any atom is 0.172 e. The molecule has 90 valence electrons. The van der Waals surface area contributed by atoms with E-state index in [1.807, 2.05) is 12.1 Å². The summed E-state index contributed by atoms with van der Waals surface area (Å²) >= 11 is 0. The number of hydrogen-bond donors (Lipinski definition) is 1. The first-order valence-electron chi connectivity index (χ1n) is 5.49. The molecule has 4 heteroatoms. The Morgan fingerprint density at radius 3 is 2.38 bits per heavy atom. The molecule has 4 nitrogen and oxygen atoms in total. The summed E-state index contributed by atoms with van der Waals surface area (Å²) in [7, 11) is 3.32. The molecule has 0 bridgehead atoms. The number of methoxy groups -OCH3 is 2. The van der Waals surface area contributed by atoms with Gasteiger partial charge in [0.1, 0.15) is 0 Å². The number of ether oxygens (including phenoxy) is 2. The zero-order chi connectivity index (χ0) is 11.8. The van der Waals surface area contributed by atoms with Crippen LogP contribution in [0.25, 0.3) is 0 Å². The van der Waals surface area contributed by atoms with Crippen LogP contribution in [-0.4, -0.2) is 38.1 Å². The molecule has 0 aromatic carbocycles. The molecule has 0 fully saturated rings. The van der Waals surface area contributed by atoms with Gasteiger partial charge < -0.3 is 14.8 Å². The molecule has 1 heterocycles. The van der Waals surface area contributed by atoms with Crippen molar-refractivity contribution < 1.29 is 9.47 Å². The second kappa shape index (κ2) is 7.33. The van der Waals surface area contributed by atoms with Crippen LogP contribution in [0.5, 0.6) is 0 Å². The van der Waals surface area contributed by atoms with Gasteiger partial charge in [0.2, 0.25) is 0 Å². The minimum absolute atomic E-state index is 0.155. The average molecular weight is 224 g/mol. The molecule has 1 N–H and O–H groups in total. The molecule has 1 unspecified atom stereocenters. The zero-order valence-corrected chi connectivity index (χ0v) is 10.1. The predicted octanol–water partition coefficient (Wildman–Crippen LogP) is 1.22. The first-order chi connectivity index (χ1) is 7.81. The second-order valence-electron chi connectivity index (χ2n) is 3.56. The van der Waals surface area contributed by atoms with Crippen molar-refractivity contribution in [2.45, 2.75) is 25.7 Å². The van der Waals surface area contributed by atoms with Crippen LogP contribution in [0.15, 0.2) is 24.5 Å². The van der Waals surface area contributed by atoms with Crippen molar-refractivity contribution in [2.75, 3.05) is 20.8 Å². The highest BCUT2D eigenvalue weighted by Crippen LogP contribution is 2.08. The van der Waals surface area contributed by atoms with Crippen molar-refractivity contribution in [1.82, 2.24) is 10.3 Å². The van der Waals surface area contributed by atoms with Gasteiger partial charge in [0, 0.05) is 26.6 Å². The standard InChI is InChI=1S/C12H20N2O2/c1-4-14-11(12(15-2)16-3)9-10-5-7-13-8-6-10/h5-8,11-12,14H,4,9H2,1-3H3. The zero-order valence-electron chi connectivity index (χ0n) is 10.1. The quantitative estimate of drug-likeness (QED) is 0.707. The number of rotatable bonds is 7. The molecule has 0 saturated heterocycles. The Hall–Kier alpha value is -0.970. The monoisotopic (exact) mass is 224 g/mol. The summed E-state index contributed by atoms with van der Waals surface area (Å²) in [5, 5.41) is 3.36. The SMILES string of the molecule is CCNC(Cc1ccncc1)C(OC)OC. The van der Waals surface area contributed by atoms with Crippen LogP contribution < -0.4 is 5.32 Å². The van der Waals surface area contributed by atoms with Crippen molar-refractivity contribution in [3.8, 4) is 0 Å². The van der Waals surface area contributed by atoms with Gasteiger partial charge in [-0.05, 0) is 30.7 Å². The molecular weight excluding hydrogens is 204 g/mol. The van der Waals surface area contributed by atoms with Gasteiger partial charge in [0.25, 0.3) is 0 Å². The number of aromatic nitrogens is 1. The fourth-order valence-corrected chi connectivity index (χ4v) is 1.72. The van der Waals surface area contributed by atoms with Gasteiger partial charge in [0.15, 0.2) is 6.29 Å². The Kier molecular flexibility index (Phi) is 6.00. The second-order valence-corrected chi connectivity index (χ2v) is 3.56. The van der Waals surface area contributed by atoms with Crippen LogP contribution in [0.3, 0.4) is 0 Å². The van der Waals surface area contributed by atoms with Crippen molar-refractivity contribution >= 4 is 0 Å². The lowest BCUT2D eigenvalue weighted by Crippen LogP contribution is -2.43. The Labute approximate surface area is 97.0 Å².